The molecule has 0 aliphatic heterocycles. The van der Waals surface area contributed by atoms with Crippen LogP contribution >= 0.6 is 0 Å². The summed E-state index contributed by atoms with van der Waals surface area (Å²) >= 11 is 0. The van der Waals surface area contributed by atoms with Crippen molar-refractivity contribution in [3.8, 4) is 33.6 Å². The van der Waals surface area contributed by atoms with Crippen LogP contribution in [-0.2, 0) is 25.5 Å². The predicted octanol–water partition coefficient (Wildman–Crippen LogP) is 15.1. The van der Waals surface area contributed by atoms with Gasteiger partial charge in [0.2, 0.25) is 0 Å². The SMILES string of the molecule is [2H]C([2H])([2H])c1c[c-]c(-c2ccc(C(C)(C)C)cn2)cc1.[2H]C([2H])([2H])c1cnc(-c2[c-]ccc3c2oc2cc4c(ccc5ccccc54)cc23)cc1-c1ccc(C([2H])(CC)CC)cc1C([2H])([2H])[2H].[Ir]. The summed E-state index contributed by atoms with van der Waals surface area (Å²) < 4.78 is 87.5. The molecule has 1 radical (unpaired) electrons. The molecule has 0 aliphatic carbocycles. The van der Waals surface area contributed by atoms with Gasteiger partial charge in [0.05, 0.1) is 5.58 Å². The Morgan fingerprint density at radius 1 is 0.690 bits per heavy atom. The molecule has 9 rings (SSSR count). The molecule has 9 aromatic rings. The standard InChI is InChI=1S/C38H32NO.C16H18N.Ir/c1-5-25(6-2)27-16-17-29(23(3)18-27)33-20-36(39-22-24(33)4)32-13-9-12-31-35-19-28-15-14-26-10-7-8-11-30(26)34(28)21-37(35)40-38(31)32;1-12-5-7-13(8-6-12)15-10-9-14(11-17-15)16(2,3)4;/h7-12,14-22,25H,5-6H2,1-4H3;5-7,9-11H,1-4H3;/q2*-1;/i3D3,4D3,25D;1D3;. The molecule has 0 unspecified atom stereocenters. The zero-order chi connectivity index (χ0) is 48.3. The quantitative estimate of drug-likeness (QED) is 0.123. The van der Waals surface area contributed by atoms with E-state index in [-0.39, 0.29) is 47.8 Å². The molecule has 0 atom stereocenters. The van der Waals surface area contributed by atoms with Gasteiger partial charge >= 0.3 is 0 Å². The van der Waals surface area contributed by atoms with Crippen molar-refractivity contribution in [2.45, 2.75) is 79.3 Å². The molecule has 0 bridgehead atoms. The van der Waals surface area contributed by atoms with Crippen molar-refractivity contribution in [2.24, 2.45) is 0 Å². The first kappa shape index (κ1) is 29.8. The number of fused-ring (bicyclic) bond motifs is 6. The van der Waals surface area contributed by atoms with E-state index in [1.165, 1.54) is 17.8 Å². The van der Waals surface area contributed by atoms with Crippen LogP contribution in [0.5, 0.6) is 0 Å². The number of rotatable bonds is 6. The van der Waals surface area contributed by atoms with Gasteiger partial charge in [-0.1, -0.05) is 125 Å². The van der Waals surface area contributed by atoms with Crippen molar-refractivity contribution in [1.82, 2.24) is 9.97 Å². The van der Waals surface area contributed by atoms with Gasteiger partial charge in [-0.2, -0.15) is 0 Å². The Morgan fingerprint density at radius 2 is 1.50 bits per heavy atom. The summed E-state index contributed by atoms with van der Waals surface area (Å²) in [5.74, 6) is -0.961. The molecule has 0 fully saturated rings. The summed E-state index contributed by atoms with van der Waals surface area (Å²) in [6.45, 7) is 3.03. The Kier molecular flexibility index (Phi) is 8.63. The van der Waals surface area contributed by atoms with E-state index in [4.69, 9.17) is 18.1 Å². The van der Waals surface area contributed by atoms with Gasteiger partial charge in [0.1, 0.15) is 5.58 Å². The molecule has 4 heteroatoms. The molecule has 6 aromatic carbocycles. The number of nitrogens with zero attached hydrogens (tertiary/aromatic N) is 2. The van der Waals surface area contributed by atoms with Crippen LogP contribution in [0.3, 0.4) is 0 Å². The van der Waals surface area contributed by atoms with E-state index in [1.54, 1.807) is 42.5 Å². The van der Waals surface area contributed by atoms with Gasteiger partial charge in [-0.3, -0.25) is 0 Å². The summed E-state index contributed by atoms with van der Waals surface area (Å²) in [6.07, 6.45) is 4.18. The van der Waals surface area contributed by atoms with Crippen LogP contribution in [-0.4, -0.2) is 9.97 Å². The average Bonchev–Trinajstić information content (AvgIpc) is 3.67. The van der Waals surface area contributed by atoms with Crippen LogP contribution in [0.2, 0.25) is 0 Å². The predicted molar refractivity (Wildman–Crippen MR) is 241 cm³/mol. The van der Waals surface area contributed by atoms with Crippen LogP contribution in [0.25, 0.3) is 77.1 Å². The second kappa shape index (κ2) is 16.8. The molecule has 3 nitrogen and oxygen atoms in total. The summed E-state index contributed by atoms with van der Waals surface area (Å²) in [4.78, 5) is 9.01. The maximum Gasteiger partial charge on any atom is 0.121 e. The van der Waals surface area contributed by atoms with Crippen molar-refractivity contribution < 1.29 is 38.2 Å². The number of hydrogen-bond donors (Lipinski definition) is 0. The maximum atomic E-state index is 8.93. The van der Waals surface area contributed by atoms with E-state index >= 15 is 0 Å². The normalized spacial score (nSPS) is 15.0. The topological polar surface area (TPSA) is 38.9 Å². The minimum absolute atomic E-state index is 0. The summed E-state index contributed by atoms with van der Waals surface area (Å²) in [5.41, 5.74) is 6.39. The largest absolute Gasteiger partial charge is 0.501 e. The van der Waals surface area contributed by atoms with E-state index in [2.05, 4.69) is 79.3 Å². The molecule has 58 heavy (non-hydrogen) atoms. The molecule has 0 aliphatic rings. The van der Waals surface area contributed by atoms with Crippen LogP contribution in [0.4, 0.5) is 0 Å². The minimum Gasteiger partial charge on any atom is -0.501 e. The average molecular weight is 945 g/mol. The third-order valence-corrected chi connectivity index (χ3v) is 10.7. The Bertz CT molecular complexity index is 3220. The molecule has 3 aromatic heterocycles. The number of aromatic nitrogens is 2. The number of pyridine rings is 2. The van der Waals surface area contributed by atoms with Gasteiger partial charge in [0.25, 0.3) is 0 Å². The van der Waals surface area contributed by atoms with Gasteiger partial charge < -0.3 is 14.4 Å². The van der Waals surface area contributed by atoms with Gasteiger partial charge in [-0.25, -0.2) is 0 Å². The van der Waals surface area contributed by atoms with E-state index in [1.807, 2.05) is 50.4 Å². The van der Waals surface area contributed by atoms with E-state index < -0.39 is 26.4 Å². The molecule has 0 amide bonds. The fraction of sp³-hybridized carbons (Fsp3) is 0.222. The first-order chi connectivity index (χ1) is 31.5. The van der Waals surface area contributed by atoms with Crippen molar-refractivity contribution in [1.29, 1.82) is 0 Å². The molecule has 293 valence electrons. The molecular formula is C54H50IrN2O-2. The zero-order valence-electron chi connectivity index (χ0n) is 43.2. The van der Waals surface area contributed by atoms with E-state index in [0.717, 1.165) is 43.6 Å². The fourth-order valence-electron chi connectivity index (χ4n) is 7.49. The van der Waals surface area contributed by atoms with Crippen LogP contribution < -0.4 is 0 Å². The molecule has 3 heterocycles. The number of benzene rings is 6. The van der Waals surface area contributed by atoms with E-state index in [9.17, 15) is 0 Å². The van der Waals surface area contributed by atoms with Crippen LogP contribution in [0.1, 0.15) is 94.9 Å². The van der Waals surface area contributed by atoms with Crippen molar-refractivity contribution in [2.75, 3.05) is 0 Å². The molecule has 0 saturated heterocycles. The number of aryl methyl sites for hydroxylation is 3. The van der Waals surface area contributed by atoms with Gasteiger partial charge in [0, 0.05) is 51.6 Å². The molecule has 0 N–H and O–H groups in total. The first-order valence-corrected chi connectivity index (χ1v) is 19.3. The molecule has 0 spiro atoms. The smallest absolute Gasteiger partial charge is 0.121 e. The second-order valence-corrected chi connectivity index (χ2v) is 15.4. The summed E-state index contributed by atoms with van der Waals surface area (Å²) in [6, 6.07) is 42.0. The van der Waals surface area contributed by atoms with Crippen molar-refractivity contribution >= 4 is 43.5 Å². The Labute approximate surface area is 371 Å². The van der Waals surface area contributed by atoms with Gasteiger partial charge in [-0.15, -0.1) is 53.6 Å². The molecule has 0 saturated carbocycles. The van der Waals surface area contributed by atoms with E-state index in [0.29, 0.717) is 46.4 Å². The molecular weight excluding hydrogens is 885 g/mol. The summed E-state index contributed by atoms with van der Waals surface area (Å²) in [5, 5.41) is 6.22. The first-order valence-electron chi connectivity index (χ1n) is 24.3. The third kappa shape index (κ3) is 8.01. The van der Waals surface area contributed by atoms with Gasteiger partial charge in [-0.05, 0) is 116 Å². The monoisotopic (exact) mass is 945 g/mol. The number of hydrogen-bond acceptors (Lipinski definition) is 3. The minimum atomic E-state index is -2.56. The van der Waals surface area contributed by atoms with Crippen LogP contribution in [0.15, 0.2) is 132 Å². The van der Waals surface area contributed by atoms with Crippen molar-refractivity contribution in [3.63, 3.8) is 0 Å². The number of furan rings is 1. The fourth-order valence-corrected chi connectivity index (χ4v) is 7.49. The Morgan fingerprint density at radius 3 is 2.22 bits per heavy atom. The van der Waals surface area contributed by atoms with Crippen LogP contribution in [0, 0.1) is 32.7 Å². The third-order valence-electron chi connectivity index (χ3n) is 10.7. The second-order valence-electron chi connectivity index (χ2n) is 15.4. The Balaban J connectivity index is 0.000000274. The summed E-state index contributed by atoms with van der Waals surface area (Å²) in [7, 11) is 0. The Hall–Kier alpha value is -5.41. The van der Waals surface area contributed by atoms with Gasteiger partial charge in [0.15, 0.2) is 0 Å². The maximum absolute atomic E-state index is 8.93. The van der Waals surface area contributed by atoms with Crippen molar-refractivity contribution in [3.05, 3.63) is 168 Å². The zero-order valence-corrected chi connectivity index (χ0v) is 35.6.